The van der Waals surface area contributed by atoms with Gasteiger partial charge in [0.25, 0.3) is 0 Å². The van der Waals surface area contributed by atoms with Crippen LogP contribution in [0.5, 0.6) is 0 Å². The molecule has 2 heterocycles. The molecule has 0 N–H and O–H groups in total. The Balaban J connectivity index is 1.99. The zero-order valence-corrected chi connectivity index (χ0v) is 11.2. The Hall–Kier alpha value is -1.03. The maximum absolute atomic E-state index is 13.1. The molecular weight excluding hydrogens is 234 g/mol. The molecule has 1 aromatic rings. The second-order valence-electron chi connectivity index (χ2n) is 6.01. The maximum Gasteiger partial charge on any atom is 0.145 e. The maximum atomic E-state index is 13.1. The van der Waals surface area contributed by atoms with E-state index >= 15 is 0 Å². The zero-order chi connectivity index (χ0) is 13.3. The third-order valence-electron chi connectivity index (χ3n) is 3.33. The van der Waals surface area contributed by atoms with E-state index in [0.29, 0.717) is 6.54 Å². The standard InChI is InChI=1S/C14H20F2N2/c1-14(2,3)10-4-5-11(17-6-10)7-18-8-12(15)13(16)9-18/h4-6,12-13H,7-9H2,1-3H3. The number of alkyl halides is 2. The molecule has 0 aromatic carbocycles. The van der Waals surface area contributed by atoms with Gasteiger partial charge in [-0.15, -0.1) is 0 Å². The van der Waals surface area contributed by atoms with Crippen LogP contribution in [0, 0.1) is 0 Å². The van der Waals surface area contributed by atoms with E-state index in [2.05, 4.69) is 25.8 Å². The molecule has 1 saturated heterocycles. The molecule has 0 spiro atoms. The molecule has 0 radical (unpaired) electrons. The lowest BCUT2D eigenvalue weighted by atomic mass is 9.88. The number of rotatable bonds is 2. The van der Waals surface area contributed by atoms with Gasteiger partial charge in [-0.3, -0.25) is 9.88 Å². The first-order valence-corrected chi connectivity index (χ1v) is 6.32. The van der Waals surface area contributed by atoms with Crippen LogP contribution < -0.4 is 0 Å². The number of hydrogen-bond acceptors (Lipinski definition) is 2. The molecule has 2 nitrogen and oxygen atoms in total. The molecule has 2 unspecified atom stereocenters. The second kappa shape index (κ2) is 4.92. The van der Waals surface area contributed by atoms with Crippen molar-refractivity contribution in [2.24, 2.45) is 0 Å². The number of pyridine rings is 1. The predicted molar refractivity (Wildman–Crippen MR) is 68.0 cm³/mol. The molecule has 18 heavy (non-hydrogen) atoms. The van der Waals surface area contributed by atoms with Gasteiger partial charge < -0.3 is 0 Å². The lowest BCUT2D eigenvalue weighted by Gasteiger charge is -2.19. The number of nitrogens with zero attached hydrogens (tertiary/aromatic N) is 2. The van der Waals surface area contributed by atoms with Gasteiger partial charge in [0.2, 0.25) is 0 Å². The van der Waals surface area contributed by atoms with Crippen molar-refractivity contribution in [1.29, 1.82) is 0 Å². The van der Waals surface area contributed by atoms with E-state index in [-0.39, 0.29) is 18.5 Å². The van der Waals surface area contributed by atoms with Gasteiger partial charge in [-0.2, -0.15) is 0 Å². The van der Waals surface area contributed by atoms with E-state index in [9.17, 15) is 8.78 Å². The third-order valence-corrected chi connectivity index (χ3v) is 3.33. The normalized spacial score (nSPS) is 25.6. The molecular formula is C14H20F2N2. The zero-order valence-electron chi connectivity index (χ0n) is 11.2. The molecule has 1 aliphatic rings. The summed E-state index contributed by atoms with van der Waals surface area (Å²) in [4.78, 5) is 6.14. The molecule has 0 saturated carbocycles. The summed E-state index contributed by atoms with van der Waals surface area (Å²) in [6.07, 6.45) is -0.844. The van der Waals surface area contributed by atoms with Gasteiger partial charge in [0.1, 0.15) is 12.3 Å². The average molecular weight is 254 g/mol. The smallest absolute Gasteiger partial charge is 0.145 e. The summed E-state index contributed by atoms with van der Waals surface area (Å²) in [6, 6.07) is 3.98. The summed E-state index contributed by atoms with van der Waals surface area (Å²) in [5.74, 6) is 0. The minimum atomic E-state index is -1.35. The molecule has 1 aliphatic heterocycles. The Morgan fingerprint density at radius 1 is 1.22 bits per heavy atom. The van der Waals surface area contributed by atoms with Gasteiger partial charge in [0, 0.05) is 25.8 Å². The molecule has 2 atom stereocenters. The van der Waals surface area contributed by atoms with Gasteiger partial charge in [-0.05, 0) is 17.0 Å². The van der Waals surface area contributed by atoms with E-state index in [1.54, 1.807) is 4.90 Å². The fraction of sp³-hybridized carbons (Fsp3) is 0.643. The fourth-order valence-corrected chi connectivity index (χ4v) is 2.12. The lowest BCUT2D eigenvalue weighted by molar-refractivity contribution is 0.217. The number of halogens is 2. The largest absolute Gasteiger partial charge is 0.292 e. The van der Waals surface area contributed by atoms with Gasteiger partial charge in [0.15, 0.2) is 0 Å². The summed E-state index contributed by atoms with van der Waals surface area (Å²) in [6.45, 7) is 7.25. The Bertz CT molecular complexity index is 387. The first kappa shape index (κ1) is 13.4. The minimum absolute atomic E-state index is 0.0766. The van der Waals surface area contributed by atoms with Crippen molar-refractivity contribution in [3.63, 3.8) is 0 Å². The van der Waals surface area contributed by atoms with Crippen LogP contribution in [0.15, 0.2) is 18.3 Å². The quantitative estimate of drug-likeness (QED) is 0.806. The van der Waals surface area contributed by atoms with Gasteiger partial charge >= 0.3 is 0 Å². The summed E-state index contributed by atoms with van der Waals surface area (Å²) in [5, 5.41) is 0. The van der Waals surface area contributed by atoms with Crippen LogP contribution in [0.4, 0.5) is 8.78 Å². The number of hydrogen-bond donors (Lipinski definition) is 0. The SMILES string of the molecule is CC(C)(C)c1ccc(CN2CC(F)C(F)C2)nc1. The van der Waals surface area contributed by atoms with Crippen LogP contribution in [-0.4, -0.2) is 35.3 Å². The summed E-state index contributed by atoms with van der Waals surface area (Å²) in [5.41, 5.74) is 2.11. The average Bonchev–Trinajstić information content (AvgIpc) is 2.57. The van der Waals surface area contributed by atoms with Gasteiger partial charge in [0.05, 0.1) is 5.69 Å². The van der Waals surface area contributed by atoms with Crippen molar-refractivity contribution in [2.45, 2.75) is 45.1 Å². The highest BCUT2D eigenvalue weighted by Gasteiger charge is 2.32. The summed E-state index contributed by atoms with van der Waals surface area (Å²) >= 11 is 0. The van der Waals surface area contributed by atoms with Crippen LogP contribution >= 0.6 is 0 Å². The number of likely N-dealkylation sites (tertiary alicyclic amines) is 1. The Morgan fingerprint density at radius 2 is 1.83 bits per heavy atom. The molecule has 4 heteroatoms. The van der Waals surface area contributed by atoms with Crippen LogP contribution in [0.25, 0.3) is 0 Å². The number of aromatic nitrogens is 1. The van der Waals surface area contributed by atoms with Crippen molar-refractivity contribution in [2.75, 3.05) is 13.1 Å². The molecule has 1 fully saturated rings. The summed E-state index contributed by atoms with van der Waals surface area (Å²) in [7, 11) is 0. The Kier molecular flexibility index (Phi) is 3.66. The van der Waals surface area contributed by atoms with Crippen LogP contribution in [0.1, 0.15) is 32.0 Å². The van der Waals surface area contributed by atoms with E-state index in [1.165, 1.54) is 5.56 Å². The van der Waals surface area contributed by atoms with Crippen LogP contribution in [-0.2, 0) is 12.0 Å². The Labute approximate surface area is 107 Å². The van der Waals surface area contributed by atoms with Gasteiger partial charge in [-0.25, -0.2) is 8.78 Å². The monoisotopic (exact) mass is 254 g/mol. The molecule has 0 bridgehead atoms. The van der Waals surface area contributed by atoms with Gasteiger partial charge in [-0.1, -0.05) is 26.8 Å². The summed E-state index contributed by atoms with van der Waals surface area (Å²) < 4.78 is 26.1. The van der Waals surface area contributed by atoms with Crippen LogP contribution in [0.3, 0.4) is 0 Å². The highest BCUT2D eigenvalue weighted by molar-refractivity contribution is 5.21. The molecule has 0 aliphatic carbocycles. The Morgan fingerprint density at radius 3 is 2.28 bits per heavy atom. The van der Waals surface area contributed by atoms with Crippen molar-refractivity contribution in [3.05, 3.63) is 29.6 Å². The van der Waals surface area contributed by atoms with Crippen LogP contribution in [0.2, 0.25) is 0 Å². The first-order chi connectivity index (χ1) is 8.36. The lowest BCUT2D eigenvalue weighted by Crippen LogP contribution is -2.21. The molecule has 100 valence electrons. The topological polar surface area (TPSA) is 16.1 Å². The second-order valence-corrected chi connectivity index (χ2v) is 6.01. The third kappa shape index (κ3) is 3.05. The molecule has 0 amide bonds. The van der Waals surface area contributed by atoms with E-state index in [4.69, 9.17) is 0 Å². The van der Waals surface area contributed by atoms with E-state index in [0.717, 1.165) is 5.69 Å². The van der Waals surface area contributed by atoms with Crippen molar-refractivity contribution < 1.29 is 8.78 Å². The highest BCUT2D eigenvalue weighted by Crippen LogP contribution is 2.22. The molecule has 2 rings (SSSR count). The first-order valence-electron chi connectivity index (χ1n) is 6.32. The van der Waals surface area contributed by atoms with E-state index in [1.807, 2.05) is 18.3 Å². The van der Waals surface area contributed by atoms with Crippen molar-refractivity contribution in [1.82, 2.24) is 9.88 Å². The molecule has 1 aromatic heterocycles. The highest BCUT2D eigenvalue weighted by atomic mass is 19.2. The fourth-order valence-electron chi connectivity index (χ4n) is 2.12. The van der Waals surface area contributed by atoms with Crippen molar-refractivity contribution >= 4 is 0 Å². The van der Waals surface area contributed by atoms with Crippen molar-refractivity contribution in [3.8, 4) is 0 Å². The van der Waals surface area contributed by atoms with E-state index < -0.39 is 12.3 Å². The minimum Gasteiger partial charge on any atom is -0.292 e. The predicted octanol–water partition coefficient (Wildman–Crippen LogP) is 2.87.